The van der Waals surface area contributed by atoms with Gasteiger partial charge >= 0.3 is 0 Å². The first-order valence-corrected chi connectivity index (χ1v) is 10.2. The first-order chi connectivity index (χ1) is 13.9. The number of hydrogen-bond acceptors (Lipinski definition) is 4. The van der Waals surface area contributed by atoms with E-state index >= 15 is 0 Å². The molecule has 0 bridgehead atoms. The average molecular weight is 453 g/mol. The van der Waals surface area contributed by atoms with Crippen molar-refractivity contribution < 1.29 is 9.21 Å². The quantitative estimate of drug-likeness (QED) is 0.465. The summed E-state index contributed by atoms with van der Waals surface area (Å²) in [6.45, 7) is 6.51. The maximum absolute atomic E-state index is 12.6. The Bertz CT molecular complexity index is 1140. The summed E-state index contributed by atoms with van der Waals surface area (Å²) in [5.74, 6) is 0.325. The number of carbonyl (C=O) groups excluding carboxylic acids is 1. The molecule has 0 saturated heterocycles. The lowest BCUT2D eigenvalue weighted by atomic mass is 10.1. The van der Waals surface area contributed by atoms with Crippen molar-refractivity contribution in [3.05, 3.63) is 81.4 Å². The standard InChI is InChI=1S/C22H21BrN4O2/c1-13-20(23)15(3)27(26-13)12-16-8-10-17(11-9-16)21(28)24-14(2)22-25-18-6-4-5-7-19(18)29-22/h4-11,14H,12H2,1-3H3,(H,24,28). The summed E-state index contributed by atoms with van der Waals surface area (Å²) >= 11 is 3.55. The van der Waals surface area contributed by atoms with Gasteiger partial charge in [0.05, 0.1) is 22.4 Å². The summed E-state index contributed by atoms with van der Waals surface area (Å²) in [7, 11) is 0. The molecule has 0 saturated carbocycles. The Morgan fingerprint density at radius 1 is 1.17 bits per heavy atom. The van der Waals surface area contributed by atoms with Crippen LogP contribution in [-0.4, -0.2) is 20.7 Å². The molecule has 1 atom stereocenters. The monoisotopic (exact) mass is 452 g/mol. The third-order valence-electron chi connectivity index (χ3n) is 4.87. The van der Waals surface area contributed by atoms with Crippen LogP contribution in [0.1, 0.15) is 46.2 Å². The molecule has 0 fully saturated rings. The van der Waals surface area contributed by atoms with Gasteiger partial charge in [0.15, 0.2) is 5.58 Å². The highest BCUT2D eigenvalue weighted by atomic mass is 79.9. The molecule has 0 radical (unpaired) electrons. The number of halogens is 1. The molecule has 2 aromatic carbocycles. The van der Waals surface area contributed by atoms with Gasteiger partial charge < -0.3 is 9.73 Å². The van der Waals surface area contributed by atoms with Crippen LogP contribution in [0.4, 0.5) is 0 Å². The smallest absolute Gasteiger partial charge is 0.251 e. The Balaban J connectivity index is 1.44. The molecule has 1 unspecified atom stereocenters. The number of carbonyl (C=O) groups is 1. The van der Waals surface area contributed by atoms with Gasteiger partial charge in [-0.15, -0.1) is 0 Å². The maximum Gasteiger partial charge on any atom is 0.251 e. The van der Waals surface area contributed by atoms with E-state index in [-0.39, 0.29) is 11.9 Å². The number of fused-ring (bicyclic) bond motifs is 1. The van der Waals surface area contributed by atoms with Gasteiger partial charge in [0, 0.05) is 5.56 Å². The molecule has 2 aromatic heterocycles. The molecular formula is C22H21BrN4O2. The molecule has 7 heteroatoms. The van der Waals surface area contributed by atoms with Crippen molar-refractivity contribution in [2.24, 2.45) is 0 Å². The van der Waals surface area contributed by atoms with Crippen LogP contribution >= 0.6 is 15.9 Å². The lowest BCUT2D eigenvalue weighted by molar-refractivity contribution is 0.0934. The van der Waals surface area contributed by atoms with Gasteiger partial charge in [-0.05, 0) is 66.5 Å². The lowest BCUT2D eigenvalue weighted by Gasteiger charge is -2.11. The second-order valence-corrected chi connectivity index (χ2v) is 7.85. The minimum Gasteiger partial charge on any atom is -0.438 e. The molecular weight excluding hydrogens is 432 g/mol. The number of amides is 1. The van der Waals surface area contributed by atoms with Crippen LogP contribution in [0.5, 0.6) is 0 Å². The summed E-state index contributed by atoms with van der Waals surface area (Å²) in [5, 5.41) is 7.47. The largest absolute Gasteiger partial charge is 0.438 e. The minimum absolute atomic E-state index is 0.167. The second-order valence-electron chi connectivity index (χ2n) is 7.05. The average Bonchev–Trinajstić information content (AvgIpc) is 3.26. The Morgan fingerprint density at radius 3 is 2.55 bits per heavy atom. The van der Waals surface area contributed by atoms with Gasteiger partial charge in [-0.25, -0.2) is 4.98 Å². The van der Waals surface area contributed by atoms with Gasteiger partial charge in [0.25, 0.3) is 5.91 Å². The highest BCUT2D eigenvalue weighted by molar-refractivity contribution is 9.10. The number of rotatable bonds is 5. The molecule has 4 rings (SSSR count). The zero-order valence-corrected chi connectivity index (χ0v) is 18.0. The SMILES string of the molecule is Cc1nn(Cc2ccc(C(=O)NC(C)c3nc4ccccc4o3)cc2)c(C)c1Br. The molecule has 4 aromatic rings. The maximum atomic E-state index is 12.6. The first-order valence-electron chi connectivity index (χ1n) is 9.37. The van der Waals surface area contributed by atoms with Crippen LogP contribution in [0.3, 0.4) is 0 Å². The number of nitrogens with zero attached hydrogens (tertiary/aromatic N) is 3. The van der Waals surface area contributed by atoms with Crippen molar-refractivity contribution in [1.29, 1.82) is 0 Å². The fourth-order valence-electron chi connectivity index (χ4n) is 3.18. The number of aryl methyl sites for hydroxylation is 1. The van der Waals surface area contributed by atoms with Crippen molar-refractivity contribution in [2.75, 3.05) is 0 Å². The summed E-state index contributed by atoms with van der Waals surface area (Å²) in [6.07, 6.45) is 0. The molecule has 148 valence electrons. The van der Waals surface area contributed by atoms with Crippen molar-refractivity contribution >= 4 is 32.9 Å². The highest BCUT2D eigenvalue weighted by Gasteiger charge is 2.17. The van der Waals surface area contributed by atoms with Gasteiger partial charge in [0.2, 0.25) is 5.89 Å². The Morgan fingerprint density at radius 2 is 1.90 bits per heavy atom. The molecule has 1 amide bonds. The van der Waals surface area contributed by atoms with E-state index in [2.05, 4.69) is 31.3 Å². The van der Waals surface area contributed by atoms with Crippen LogP contribution in [0.25, 0.3) is 11.1 Å². The van der Waals surface area contributed by atoms with Crippen LogP contribution in [-0.2, 0) is 6.54 Å². The topological polar surface area (TPSA) is 73.0 Å². The van der Waals surface area contributed by atoms with Gasteiger partial charge in [0.1, 0.15) is 11.6 Å². The van der Waals surface area contributed by atoms with E-state index in [4.69, 9.17) is 4.42 Å². The van der Waals surface area contributed by atoms with E-state index in [9.17, 15) is 4.79 Å². The molecule has 0 aliphatic heterocycles. The van der Waals surface area contributed by atoms with Gasteiger partial charge in [-0.3, -0.25) is 9.48 Å². The Hall–Kier alpha value is -2.93. The Labute approximate surface area is 177 Å². The zero-order chi connectivity index (χ0) is 20.5. The molecule has 6 nitrogen and oxygen atoms in total. The van der Waals surface area contributed by atoms with Gasteiger partial charge in [-0.2, -0.15) is 5.10 Å². The number of para-hydroxylation sites is 2. The Kier molecular flexibility index (Phi) is 5.24. The molecule has 0 aliphatic rings. The van der Waals surface area contributed by atoms with E-state index < -0.39 is 0 Å². The van der Waals surface area contributed by atoms with Crippen LogP contribution < -0.4 is 5.32 Å². The zero-order valence-electron chi connectivity index (χ0n) is 16.4. The predicted molar refractivity (Wildman–Crippen MR) is 115 cm³/mol. The third-order valence-corrected chi connectivity index (χ3v) is 6.02. The fraction of sp³-hybridized carbons (Fsp3) is 0.227. The molecule has 0 aliphatic carbocycles. The van der Waals surface area contributed by atoms with E-state index in [1.165, 1.54) is 0 Å². The number of hydrogen-bond donors (Lipinski definition) is 1. The lowest BCUT2D eigenvalue weighted by Crippen LogP contribution is -2.26. The van der Waals surface area contributed by atoms with Crippen LogP contribution in [0.15, 0.2) is 57.4 Å². The van der Waals surface area contributed by atoms with E-state index in [0.717, 1.165) is 26.9 Å². The minimum atomic E-state index is -0.332. The number of oxazole rings is 1. The molecule has 0 spiro atoms. The number of aromatic nitrogens is 3. The summed E-state index contributed by atoms with van der Waals surface area (Å²) in [4.78, 5) is 17.1. The van der Waals surface area contributed by atoms with Gasteiger partial charge in [-0.1, -0.05) is 24.3 Å². The molecule has 2 heterocycles. The van der Waals surface area contributed by atoms with Crippen molar-refractivity contribution in [1.82, 2.24) is 20.1 Å². The summed E-state index contributed by atoms with van der Waals surface area (Å²) in [5.41, 5.74) is 5.20. The summed E-state index contributed by atoms with van der Waals surface area (Å²) in [6, 6.07) is 14.8. The molecule has 1 N–H and O–H groups in total. The second kappa shape index (κ2) is 7.83. The number of benzene rings is 2. The number of nitrogens with one attached hydrogen (secondary N) is 1. The van der Waals surface area contributed by atoms with Crippen molar-refractivity contribution in [3.8, 4) is 0 Å². The normalized spacial score (nSPS) is 12.3. The van der Waals surface area contributed by atoms with Crippen molar-refractivity contribution in [2.45, 2.75) is 33.4 Å². The van der Waals surface area contributed by atoms with Crippen LogP contribution in [0, 0.1) is 13.8 Å². The van der Waals surface area contributed by atoms with E-state index in [1.807, 2.05) is 74.0 Å². The van der Waals surface area contributed by atoms with E-state index in [1.54, 1.807) is 0 Å². The first kappa shape index (κ1) is 19.4. The third kappa shape index (κ3) is 3.96. The fourth-order valence-corrected chi connectivity index (χ4v) is 3.46. The predicted octanol–water partition coefficient (Wildman–Crippen LogP) is 4.94. The van der Waals surface area contributed by atoms with E-state index in [0.29, 0.717) is 23.6 Å². The summed E-state index contributed by atoms with van der Waals surface area (Å²) < 4.78 is 8.71. The molecule has 29 heavy (non-hydrogen) atoms. The van der Waals surface area contributed by atoms with Crippen molar-refractivity contribution in [3.63, 3.8) is 0 Å². The van der Waals surface area contributed by atoms with Crippen LogP contribution in [0.2, 0.25) is 0 Å². The highest BCUT2D eigenvalue weighted by Crippen LogP contribution is 2.22.